The molecule has 198 valence electrons. The molecule has 37 heavy (non-hydrogen) atoms. The fourth-order valence-electron chi connectivity index (χ4n) is 4.46. The number of sulfone groups is 2. The molecule has 1 atom stereocenters. The fraction of sp³-hybridized carbons (Fsp3) is 0.407. The maximum absolute atomic E-state index is 13.6. The standard InChI is InChI=1S/C27H32N2O6S2/c1-4-14-37(33,34)24-11-9-22(10-12-24)26-16-25(28-35-26)27(30)29(23-13-15-36(31,32)18-23)17-20-5-7-21(8-6-20)19(2)3/h5-12,16,19,23H,4,13-15,17-18H2,1-3H3. The van der Waals surface area contributed by atoms with Crippen molar-refractivity contribution in [2.75, 3.05) is 17.3 Å². The summed E-state index contributed by atoms with van der Waals surface area (Å²) >= 11 is 0. The van der Waals surface area contributed by atoms with Crippen LogP contribution in [0.4, 0.5) is 0 Å². The molecule has 0 radical (unpaired) electrons. The van der Waals surface area contributed by atoms with E-state index in [4.69, 9.17) is 4.52 Å². The van der Waals surface area contributed by atoms with E-state index >= 15 is 0 Å². The van der Waals surface area contributed by atoms with Gasteiger partial charge >= 0.3 is 0 Å². The normalized spacial score (nSPS) is 17.2. The Hall–Kier alpha value is -2.98. The van der Waals surface area contributed by atoms with Gasteiger partial charge in [0.25, 0.3) is 5.91 Å². The summed E-state index contributed by atoms with van der Waals surface area (Å²) in [5.41, 5.74) is 2.73. The number of amides is 1. The molecule has 2 heterocycles. The first-order valence-electron chi connectivity index (χ1n) is 12.4. The lowest BCUT2D eigenvalue weighted by atomic mass is 10.0. The molecule has 0 aliphatic carbocycles. The predicted octanol–water partition coefficient (Wildman–Crippen LogP) is 4.48. The second kappa shape index (κ2) is 10.8. The van der Waals surface area contributed by atoms with E-state index in [1.165, 1.54) is 23.8 Å². The van der Waals surface area contributed by atoms with E-state index in [9.17, 15) is 21.6 Å². The van der Waals surface area contributed by atoms with Crippen LogP contribution in [-0.4, -0.2) is 56.1 Å². The Morgan fingerprint density at radius 2 is 1.78 bits per heavy atom. The van der Waals surface area contributed by atoms with Gasteiger partial charge in [-0.05, 0) is 54.2 Å². The van der Waals surface area contributed by atoms with Crippen LogP contribution in [-0.2, 0) is 26.2 Å². The van der Waals surface area contributed by atoms with Gasteiger partial charge < -0.3 is 9.42 Å². The number of nitrogens with zero attached hydrogens (tertiary/aromatic N) is 2. The number of rotatable bonds is 9. The summed E-state index contributed by atoms with van der Waals surface area (Å²) in [6.07, 6.45) is 0.898. The van der Waals surface area contributed by atoms with E-state index in [0.29, 0.717) is 30.1 Å². The Balaban J connectivity index is 1.58. The third-order valence-corrected chi connectivity index (χ3v) is 10.3. The highest BCUT2D eigenvalue weighted by molar-refractivity contribution is 7.91. The number of carbonyl (C=O) groups is 1. The highest BCUT2D eigenvalue weighted by Crippen LogP contribution is 2.26. The molecule has 8 nitrogen and oxygen atoms in total. The summed E-state index contributed by atoms with van der Waals surface area (Å²) < 4.78 is 54.4. The molecule has 1 aliphatic heterocycles. The van der Waals surface area contributed by atoms with E-state index in [2.05, 4.69) is 19.0 Å². The van der Waals surface area contributed by atoms with Crippen molar-refractivity contribution in [2.45, 2.75) is 57.0 Å². The summed E-state index contributed by atoms with van der Waals surface area (Å²) in [5, 5.41) is 3.97. The molecule has 10 heteroatoms. The van der Waals surface area contributed by atoms with E-state index in [0.717, 1.165) is 5.56 Å². The molecule has 0 spiro atoms. The van der Waals surface area contributed by atoms with Gasteiger partial charge in [-0.25, -0.2) is 16.8 Å². The Bertz CT molecular complexity index is 1460. The second-order valence-corrected chi connectivity index (χ2v) is 14.1. The molecule has 1 aliphatic rings. The van der Waals surface area contributed by atoms with Crippen LogP contribution in [0.15, 0.2) is 64.0 Å². The van der Waals surface area contributed by atoms with Crippen LogP contribution >= 0.6 is 0 Å². The lowest BCUT2D eigenvalue weighted by Crippen LogP contribution is -2.40. The maximum atomic E-state index is 13.6. The predicted molar refractivity (Wildman–Crippen MR) is 142 cm³/mol. The molecule has 0 N–H and O–H groups in total. The molecule has 0 saturated carbocycles. The third kappa shape index (κ3) is 6.30. The minimum absolute atomic E-state index is 0.0467. The summed E-state index contributed by atoms with van der Waals surface area (Å²) in [4.78, 5) is 15.3. The average Bonchev–Trinajstić information content (AvgIpc) is 3.49. The summed E-state index contributed by atoms with van der Waals surface area (Å²) in [6.45, 7) is 6.27. The lowest BCUT2D eigenvalue weighted by molar-refractivity contribution is 0.0670. The molecular weight excluding hydrogens is 512 g/mol. The molecule has 1 amide bonds. The minimum atomic E-state index is -3.34. The zero-order valence-corrected chi connectivity index (χ0v) is 22.9. The molecule has 3 aromatic rings. The highest BCUT2D eigenvalue weighted by atomic mass is 32.2. The molecular formula is C27H32N2O6S2. The lowest BCUT2D eigenvalue weighted by Gasteiger charge is -2.27. The van der Waals surface area contributed by atoms with Crippen LogP contribution in [0.1, 0.15) is 61.1 Å². The van der Waals surface area contributed by atoms with Crippen molar-refractivity contribution < 1.29 is 26.2 Å². The van der Waals surface area contributed by atoms with Gasteiger partial charge in [0.2, 0.25) is 0 Å². The topological polar surface area (TPSA) is 115 Å². The van der Waals surface area contributed by atoms with E-state index in [-0.39, 0.29) is 34.4 Å². The van der Waals surface area contributed by atoms with E-state index in [1.807, 2.05) is 31.2 Å². The van der Waals surface area contributed by atoms with Crippen LogP contribution in [0.5, 0.6) is 0 Å². The Morgan fingerprint density at radius 3 is 2.35 bits per heavy atom. The number of benzene rings is 2. The van der Waals surface area contributed by atoms with Crippen LogP contribution in [0.2, 0.25) is 0 Å². The molecule has 4 rings (SSSR count). The van der Waals surface area contributed by atoms with Crippen molar-refractivity contribution in [3.8, 4) is 11.3 Å². The van der Waals surface area contributed by atoms with Crippen molar-refractivity contribution in [1.82, 2.24) is 10.1 Å². The Kier molecular flexibility index (Phi) is 7.89. The van der Waals surface area contributed by atoms with E-state index < -0.39 is 31.6 Å². The van der Waals surface area contributed by atoms with Crippen LogP contribution in [0.25, 0.3) is 11.3 Å². The number of hydrogen-bond donors (Lipinski definition) is 0. The zero-order valence-electron chi connectivity index (χ0n) is 21.3. The molecule has 1 saturated heterocycles. The van der Waals surface area contributed by atoms with Crippen molar-refractivity contribution in [2.24, 2.45) is 0 Å². The molecule has 1 unspecified atom stereocenters. The Morgan fingerprint density at radius 1 is 1.11 bits per heavy atom. The van der Waals surface area contributed by atoms with Gasteiger partial charge in [0.1, 0.15) is 0 Å². The van der Waals surface area contributed by atoms with Gasteiger partial charge in [0, 0.05) is 24.2 Å². The summed E-state index contributed by atoms with van der Waals surface area (Å²) in [7, 11) is -6.55. The number of carbonyl (C=O) groups excluding carboxylic acids is 1. The average molecular weight is 545 g/mol. The van der Waals surface area contributed by atoms with Crippen molar-refractivity contribution in [1.29, 1.82) is 0 Å². The van der Waals surface area contributed by atoms with Crippen molar-refractivity contribution >= 4 is 25.6 Å². The van der Waals surface area contributed by atoms with Gasteiger partial charge in [-0.15, -0.1) is 0 Å². The van der Waals surface area contributed by atoms with Crippen molar-refractivity contribution in [3.05, 3.63) is 71.4 Å². The summed E-state index contributed by atoms with van der Waals surface area (Å²) in [6, 6.07) is 15.3. The fourth-order valence-corrected chi connectivity index (χ4v) is 7.52. The van der Waals surface area contributed by atoms with E-state index in [1.54, 1.807) is 17.0 Å². The summed E-state index contributed by atoms with van der Waals surface area (Å²) in [5.74, 6) is 0.323. The van der Waals surface area contributed by atoms with Gasteiger partial charge in [0.15, 0.2) is 31.1 Å². The maximum Gasteiger partial charge on any atom is 0.276 e. The second-order valence-electron chi connectivity index (χ2n) is 9.81. The largest absolute Gasteiger partial charge is 0.355 e. The molecule has 1 fully saturated rings. The van der Waals surface area contributed by atoms with Gasteiger partial charge in [-0.3, -0.25) is 4.79 Å². The smallest absolute Gasteiger partial charge is 0.276 e. The van der Waals surface area contributed by atoms with Gasteiger partial charge in [-0.2, -0.15) is 0 Å². The molecule has 1 aromatic heterocycles. The zero-order chi connectivity index (χ0) is 26.8. The number of aromatic nitrogens is 1. The number of hydrogen-bond acceptors (Lipinski definition) is 7. The minimum Gasteiger partial charge on any atom is -0.355 e. The SMILES string of the molecule is CCCS(=O)(=O)c1ccc(-c2cc(C(=O)N(Cc3ccc(C(C)C)cc3)C3CCS(=O)(=O)C3)no2)cc1. The first kappa shape index (κ1) is 27.1. The van der Waals surface area contributed by atoms with Crippen LogP contribution < -0.4 is 0 Å². The van der Waals surface area contributed by atoms with Gasteiger partial charge in [-0.1, -0.05) is 50.2 Å². The van der Waals surface area contributed by atoms with Gasteiger partial charge in [0.05, 0.1) is 22.2 Å². The molecule has 0 bridgehead atoms. The Labute approximate surface area is 218 Å². The van der Waals surface area contributed by atoms with Crippen molar-refractivity contribution in [3.63, 3.8) is 0 Å². The molecule has 2 aromatic carbocycles. The first-order valence-corrected chi connectivity index (χ1v) is 15.9. The third-order valence-electron chi connectivity index (χ3n) is 6.61. The first-order chi connectivity index (χ1) is 17.5. The van der Waals surface area contributed by atoms with Crippen LogP contribution in [0.3, 0.4) is 0 Å². The van der Waals surface area contributed by atoms with Crippen LogP contribution in [0, 0.1) is 0 Å². The highest BCUT2D eigenvalue weighted by Gasteiger charge is 2.36. The quantitative estimate of drug-likeness (QED) is 0.390. The monoisotopic (exact) mass is 544 g/mol.